The summed E-state index contributed by atoms with van der Waals surface area (Å²) in [5.74, 6) is 0. The molecule has 0 aliphatic carbocycles. The first-order valence-corrected chi connectivity index (χ1v) is 7.40. The second-order valence-corrected chi connectivity index (χ2v) is 5.34. The van der Waals surface area contributed by atoms with Crippen LogP contribution in [-0.4, -0.2) is 11.2 Å². The van der Waals surface area contributed by atoms with Gasteiger partial charge in [-0.2, -0.15) is 0 Å². The fourth-order valence-electron chi connectivity index (χ4n) is 1.54. The van der Waals surface area contributed by atoms with E-state index in [4.69, 9.17) is 0 Å². The Kier molecular flexibility index (Phi) is 4.22. The summed E-state index contributed by atoms with van der Waals surface area (Å²) in [6, 6.07) is 9.62. The largest absolute Gasteiger partial charge is 0.380 e. The van der Waals surface area contributed by atoms with Gasteiger partial charge in [0.1, 0.15) is 0 Å². The molecule has 1 heterocycles. The van der Waals surface area contributed by atoms with E-state index in [2.05, 4.69) is 5.32 Å². The van der Waals surface area contributed by atoms with Crippen LogP contribution in [-0.2, 0) is 6.54 Å². The molecule has 0 atom stereocenters. The second kappa shape index (κ2) is 5.88. The maximum atomic E-state index is 10.6. The number of hydrogen-bond donors (Lipinski definition) is 1. The summed E-state index contributed by atoms with van der Waals surface area (Å²) in [7, 11) is 0. The number of thioether (sulfide) groups is 1. The highest BCUT2D eigenvalue weighted by atomic mass is 32.2. The van der Waals surface area contributed by atoms with Crippen molar-refractivity contribution >= 4 is 33.8 Å². The molecule has 1 aromatic heterocycles. The fraction of sp³-hybridized carbons (Fsp3) is 0.167. The first-order valence-electron chi connectivity index (χ1n) is 5.29. The predicted molar refractivity (Wildman–Crippen MR) is 76.5 cm³/mol. The van der Waals surface area contributed by atoms with Crippen molar-refractivity contribution in [2.24, 2.45) is 0 Å². The average molecular weight is 280 g/mol. The van der Waals surface area contributed by atoms with Gasteiger partial charge in [0.15, 0.2) is 0 Å². The number of hydrogen-bond acceptors (Lipinski definition) is 5. The number of nitrogens with one attached hydrogen (secondary N) is 1. The van der Waals surface area contributed by atoms with Gasteiger partial charge in [0.25, 0.3) is 0 Å². The van der Waals surface area contributed by atoms with Crippen LogP contribution in [0.4, 0.5) is 10.7 Å². The Morgan fingerprint density at radius 3 is 2.89 bits per heavy atom. The Morgan fingerprint density at radius 1 is 1.44 bits per heavy atom. The third kappa shape index (κ3) is 3.02. The molecule has 6 heteroatoms. The summed E-state index contributed by atoms with van der Waals surface area (Å²) in [6.45, 7) is 0.599. The zero-order valence-corrected chi connectivity index (χ0v) is 11.4. The van der Waals surface area contributed by atoms with Crippen molar-refractivity contribution in [1.82, 2.24) is 0 Å². The Hall–Kier alpha value is -1.53. The molecule has 0 spiro atoms. The molecule has 0 bridgehead atoms. The van der Waals surface area contributed by atoms with Gasteiger partial charge >= 0.3 is 5.00 Å². The van der Waals surface area contributed by atoms with E-state index in [1.807, 2.05) is 35.9 Å². The summed E-state index contributed by atoms with van der Waals surface area (Å²) in [5.41, 5.74) is 1.99. The zero-order chi connectivity index (χ0) is 13.0. The van der Waals surface area contributed by atoms with Gasteiger partial charge in [-0.3, -0.25) is 10.1 Å². The van der Waals surface area contributed by atoms with Crippen LogP contribution in [0.25, 0.3) is 0 Å². The normalized spacial score (nSPS) is 10.3. The van der Waals surface area contributed by atoms with Crippen molar-refractivity contribution in [2.45, 2.75) is 11.4 Å². The molecule has 0 fully saturated rings. The van der Waals surface area contributed by atoms with Crippen LogP contribution >= 0.6 is 23.1 Å². The zero-order valence-electron chi connectivity index (χ0n) is 9.75. The predicted octanol–water partition coefficient (Wildman–Crippen LogP) is 3.99. The van der Waals surface area contributed by atoms with E-state index in [9.17, 15) is 10.1 Å². The maximum absolute atomic E-state index is 10.6. The molecule has 0 aliphatic heterocycles. The van der Waals surface area contributed by atoms with Crippen LogP contribution in [0.15, 0.2) is 40.6 Å². The van der Waals surface area contributed by atoms with E-state index in [0.29, 0.717) is 6.54 Å². The van der Waals surface area contributed by atoms with Gasteiger partial charge in [0.05, 0.1) is 4.92 Å². The van der Waals surface area contributed by atoms with E-state index in [1.165, 1.54) is 4.90 Å². The molecule has 2 rings (SSSR count). The minimum Gasteiger partial charge on any atom is -0.380 e. The lowest BCUT2D eigenvalue weighted by Gasteiger charge is -2.08. The van der Waals surface area contributed by atoms with E-state index in [1.54, 1.807) is 17.8 Å². The topological polar surface area (TPSA) is 55.2 Å². The van der Waals surface area contributed by atoms with E-state index < -0.39 is 0 Å². The summed E-state index contributed by atoms with van der Waals surface area (Å²) in [5, 5.41) is 15.9. The highest BCUT2D eigenvalue weighted by molar-refractivity contribution is 7.98. The minimum absolute atomic E-state index is 0.185. The maximum Gasteiger partial charge on any atom is 0.324 e. The third-order valence-electron chi connectivity index (χ3n) is 2.41. The molecule has 4 nitrogen and oxygen atoms in total. The number of nitro groups is 1. The number of thiophene rings is 1. The molecule has 18 heavy (non-hydrogen) atoms. The Balaban J connectivity index is 2.04. The van der Waals surface area contributed by atoms with Gasteiger partial charge in [-0.15, -0.1) is 11.8 Å². The molecule has 0 saturated carbocycles. The lowest BCUT2D eigenvalue weighted by molar-refractivity contribution is -0.380. The number of para-hydroxylation sites is 1. The van der Waals surface area contributed by atoms with Crippen LogP contribution in [0.1, 0.15) is 5.56 Å². The Labute approximate surface area is 113 Å². The van der Waals surface area contributed by atoms with Gasteiger partial charge in [-0.1, -0.05) is 23.5 Å². The summed E-state index contributed by atoms with van der Waals surface area (Å²) < 4.78 is 0. The highest BCUT2D eigenvalue weighted by Crippen LogP contribution is 2.27. The molecule has 1 N–H and O–H groups in total. The molecule has 0 radical (unpaired) electrons. The molecule has 94 valence electrons. The average Bonchev–Trinajstić information content (AvgIpc) is 2.85. The first kappa shape index (κ1) is 12.9. The van der Waals surface area contributed by atoms with Crippen LogP contribution in [0.5, 0.6) is 0 Å². The highest BCUT2D eigenvalue weighted by Gasteiger charge is 2.09. The number of anilines is 1. The van der Waals surface area contributed by atoms with Gasteiger partial charge < -0.3 is 5.32 Å². The molecule has 0 saturated heterocycles. The standard InChI is InChI=1S/C12H12N2O2S2/c1-17-11-5-3-2-4-10(11)13-7-9-6-12(14(15)16)18-8-9/h2-6,8,13H,7H2,1H3. The van der Waals surface area contributed by atoms with E-state index >= 15 is 0 Å². The van der Waals surface area contributed by atoms with Gasteiger partial charge in [-0.05, 0) is 24.0 Å². The lowest BCUT2D eigenvalue weighted by Crippen LogP contribution is -1.99. The summed E-state index contributed by atoms with van der Waals surface area (Å²) in [4.78, 5) is 11.4. The minimum atomic E-state index is -0.357. The summed E-state index contributed by atoms with van der Waals surface area (Å²) >= 11 is 2.83. The second-order valence-electron chi connectivity index (χ2n) is 3.60. The third-order valence-corrected chi connectivity index (χ3v) is 4.13. The van der Waals surface area contributed by atoms with Crippen LogP contribution in [0.3, 0.4) is 0 Å². The number of rotatable bonds is 5. The molecule has 2 aromatic rings. The van der Waals surface area contributed by atoms with Crippen LogP contribution < -0.4 is 5.32 Å². The smallest absolute Gasteiger partial charge is 0.324 e. The molecule has 0 unspecified atom stereocenters. The number of nitrogens with zero attached hydrogens (tertiary/aromatic N) is 1. The van der Waals surface area contributed by atoms with Crippen molar-refractivity contribution in [3.8, 4) is 0 Å². The molecule has 0 aliphatic rings. The van der Waals surface area contributed by atoms with E-state index in [-0.39, 0.29) is 9.92 Å². The van der Waals surface area contributed by atoms with Crippen molar-refractivity contribution in [3.63, 3.8) is 0 Å². The van der Waals surface area contributed by atoms with E-state index in [0.717, 1.165) is 22.6 Å². The van der Waals surface area contributed by atoms with Crippen molar-refractivity contribution in [2.75, 3.05) is 11.6 Å². The lowest BCUT2D eigenvalue weighted by atomic mass is 10.3. The molecule has 0 amide bonds. The van der Waals surface area contributed by atoms with Gasteiger partial charge in [0.2, 0.25) is 0 Å². The Morgan fingerprint density at radius 2 is 2.22 bits per heavy atom. The van der Waals surface area contributed by atoms with Gasteiger partial charge in [-0.25, -0.2) is 0 Å². The summed E-state index contributed by atoms with van der Waals surface area (Å²) in [6.07, 6.45) is 2.02. The Bertz CT molecular complexity index is 555. The van der Waals surface area contributed by atoms with Crippen LogP contribution in [0.2, 0.25) is 0 Å². The molecule has 1 aromatic carbocycles. The first-order chi connectivity index (χ1) is 8.70. The monoisotopic (exact) mass is 280 g/mol. The van der Waals surface area contributed by atoms with Crippen molar-refractivity contribution in [3.05, 3.63) is 51.4 Å². The van der Waals surface area contributed by atoms with Crippen LogP contribution in [0, 0.1) is 10.1 Å². The molecular formula is C12H12N2O2S2. The van der Waals surface area contributed by atoms with Crippen molar-refractivity contribution in [1.29, 1.82) is 0 Å². The molecular weight excluding hydrogens is 268 g/mol. The quantitative estimate of drug-likeness (QED) is 0.511. The van der Waals surface area contributed by atoms with Gasteiger partial charge in [0, 0.05) is 28.6 Å². The number of benzene rings is 1. The van der Waals surface area contributed by atoms with Crippen molar-refractivity contribution < 1.29 is 4.92 Å². The SMILES string of the molecule is CSc1ccccc1NCc1csc([N+](=O)[O-])c1. The fourth-order valence-corrected chi connectivity index (χ4v) is 2.84.